The molecule has 0 aromatic heterocycles. The number of carboxylic acid groups (broad SMARTS) is 1. The van der Waals surface area contributed by atoms with E-state index in [1.165, 1.54) is 180 Å². The number of hydrogen-bond donors (Lipinski definition) is 14. The number of carboxylic acids is 1. The number of nitrogens with one attached hydrogen (secondary N) is 2. The Kier molecular flexibility index (Phi) is 50.0. The van der Waals surface area contributed by atoms with E-state index in [1.54, 1.807) is 6.08 Å². The van der Waals surface area contributed by atoms with Crippen LogP contribution in [0, 0.1) is 0 Å². The maximum atomic E-state index is 13.5. The van der Waals surface area contributed by atoms with Crippen molar-refractivity contribution in [2.75, 3.05) is 26.4 Å². The number of hydrogen-bond acceptors (Lipinski definition) is 20. The van der Waals surface area contributed by atoms with E-state index in [1.807, 2.05) is 6.08 Å². The second-order valence-electron chi connectivity index (χ2n) is 28.2. The van der Waals surface area contributed by atoms with E-state index in [0.717, 1.165) is 77.6 Å². The van der Waals surface area contributed by atoms with Gasteiger partial charge in [0.15, 0.2) is 12.6 Å². The van der Waals surface area contributed by atoms with Gasteiger partial charge in [-0.05, 0) is 44.9 Å². The van der Waals surface area contributed by atoms with Crippen LogP contribution in [-0.2, 0) is 42.8 Å². The maximum Gasteiger partial charge on any atom is 0.364 e. The molecule has 23 nitrogen and oxygen atoms in total. The molecule has 3 heterocycles. The fourth-order valence-corrected chi connectivity index (χ4v) is 13.5. The van der Waals surface area contributed by atoms with Crippen LogP contribution in [0.2, 0.25) is 0 Å². The molecule has 0 aromatic rings. The van der Waals surface area contributed by atoms with Crippen molar-refractivity contribution in [3.8, 4) is 0 Å². The highest BCUT2D eigenvalue weighted by Gasteiger charge is 2.60. The minimum atomic E-state index is -3.08. The third-order valence-electron chi connectivity index (χ3n) is 19.6. The standard InChI is InChI=1S/C75H138N2O21/c1-4-6-8-10-12-14-16-18-20-22-24-26-28-30-32-34-36-38-40-42-44-46-48-57(82)56(77-62(85)49-47-45-43-41-39-37-35-33-31-29-27-25-23-21-19-17-15-13-11-9-7-5-2)54-93-72-67(89)66(88)69(61(53-80)95-72)96-73-68(90)71(65(87)60(52-79)94-73)98-75(74(91)92)50-58(83)63(76-55(3)81)70(97-75)64(86)59(84)51-78/h29,31,46,48,56-61,63-73,78-80,82-84,86-90H,4-28,30,32-45,47,49-54H2,1-3H3,(H,76,81)(H,77,85)(H,91,92)/b31-29-,48-46+. The van der Waals surface area contributed by atoms with Crippen LogP contribution in [0.4, 0.5) is 0 Å². The number of aliphatic carboxylic acids is 1. The molecule has 18 atom stereocenters. The molecule has 0 bridgehead atoms. The first-order valence-corrected chi connectivity index (χ1v) is 38.7. The lowest BCUT2D eigenvalue weighted by Gasteiger charge is -2.50. The Bertz CT molecular complexity index is 2060. The van der Waals surface area contributed by atoms with Crippen LogP contribution in [0.3, 0.4) is 0 Å². The molecule has 98 heavy (non-hydrogen) atoms. The Hall–Kier alpha value is -2.79. The molecule has 3 saturated heterocycles. The fraction of sp³-hybridized carbons (Fsp3) is 0.907. The van der Waals surface area contributed by atoms with Crippen molar-refractivity contribution in [3.63, 3.8) is 0 Å². The van der Waals surface area contributed by atoms with Crippen molar-refractivity contribution < 1.29 is 104 Å². The van der Waals surface area contributed by atoms with E-state index < -0.39 is 155 Å². The van der Waals surface area contributed by atoms with Gasteiger partial charge in [-0.2, -0.15) is 0 Å². The minimum absolute atomic E-state index is 0.196. The molecule has 574 valence electrons. The Balaban J connectivity index is 1.56. The summed E-state index contributed by atoms with van der Waals surface area (Å²) in [6, 6.07) is -2.62. The van der Waals surface area contributed by atoms with E-state index >= 15 is 0 Å². The third kappa shape index (κ3) is 35.6. The molecule has 14 N–H and O–H groups in total. The molecular formula is C75H138N2O21. The molecule has 0 spiro atoms. The van der Waals surface area contributed by atoms with Crippen LogP contribution in [0.1, 0.15) is 297 Å². The van der Waals surface area contributed by atoms with Crippen molar-refractivity contribution in [2.24, 2.45) is 0 Å². The highest BCUT2D eigenvalue weighted by atomic mass is 16.8. The Labute approximate surface area is 587 Å². The molecule has 0 aliphatic carbocycles. The summed E-state index contributed by atoms with van der Waals surface area (Å²) in [6.07, 6.45) is 29.2. The molecule has 18 unspecified atom stereocenters. The summed E-state index contributed by atoms with van der Waals surface area (Å²) in [7, 11) is 0. The lowest BCUT2D eigenvalue weighted by Crippen LogP contribution is -2.70. The highest BCUT2D eigenvalue weighted by molar-refractivity contribution is 5.77. The zero-order valence-electron chi connectivity index (χ0n) is 60.4. The van der Waals surface area contributed by atoms with Gasteiger partial charge in [-0.25, -0.2) is 4.79 Å². The topological polar surface area (TPSA) is 373 Å². The van der Waals surface area contributed by atoms with Gasteiger partial charge in [-0.15, -0.1) is 0 Å². The first-order valence-electron chi connectivity index (χ1n) is 38.7. The fourth-order valence-electron chi connectivity index (χ4n) is 13.5. The second-order valence-corrected chi connectivity index (χ2v) is 28.2. The predicted molar refractivity (Wildman–Crippen MR) is 375 cm³/mol. The Morgan fingerprint density at radius 1 is 0.531 bits per heavy atom. The number of rotatable bonds is 60. The first kappa shape index (κ1) is 89.4. The van der Waals surface area contributed by atoms with E-state index in [2.05, 4.69) is 36.6 Å². The van der Waals surface area contributed by atoms with Gasteiger partial charge in [0.25, 0.3) is 5.79 Å². The zero-order valence-corrected chi connectivity index (χ0v) is 60.4. The van der Waals surface area contributed by atoms with Crippen molar-refractivity contribution in [3.05, 3.63) is 24.3 Å². The number of allylic oxidation sites excluding steroid dienone is 3. The van der Waals surface area contributed by atoms with Crippen LogP contribution in [0.15, 0.2) is 24.3 Å². The Morgan fingerprint density at radius 3 is 1.39 bits per heavy atom. The summed E-state index contributed by atoms with van der Waals surface area (Å²) < 4.78 is 34.9. The minimum Gasteiger partial charge on any atom is -0.477 e. The molecule has 3 rings (SSSR count). The second kappa shape index (κ2) is 54.8. The largest absolute Gasteiger partial charge is 0.477 e. The van der Waals surface area contributed by atoms with Gasteiger partial charge in [0.2, 0.25) is 11.8 Å². The van der Waals surface area contributed by atoms with Crippen molar-refractivity contribution >= 4 is 17.8 Å². The third-order valence-corrected chi connectivity index (χ3v) is 19.6. The molecule has 3 aliphatic heterocycles. The molecular weight excluding hydrogens is 1260 g/mol. The molecule has 0 aromatic carbocycles. The van der Waals surface area contributed by atoms with E-state index in [9.17, 15) is 75.7 Å². The van der Waals surface area contributed by atoms with Crippen LogP contribution in [0.25, 0.3) is 0 Å². The van der Waals surface area contributed by atoms with Gasteiger partial charge < -0.3 is 100 Å². The van der Waals surface area contributed by atoms with Crippen molar-refractivity contribution in [1.29, 1.82) is 0 Å². The first-order chi connectivity index (χ1) is 47.4. The molecule has 23 heteroatoms. The lowest BCUT2D eigenvalue weighted by molar-refractivity contribution is -0.386. The number of unbranched alkanes of at least 4 members (excludes halogenated alkanes) is 38. The average Bonchev–Trinajstić information content (AvgIpc) is 0.755. The van der Waals surface area contributed by atoms with Crippen LogP contribution < -0.4 is 10.6 Å². The summed E-state index contributed by atoms with van der Waals surface area (Å²) in [6.45, 7) is 2.17. The molecule has 3 aliphatic rings. The maximum absolute atomic E-state index is 13.5. The molecule has 0 radical (unpaired) electrons. The van der Waals surface area contributed by atoms with Gasteiger partial charge in [0.1, 0.15) is 67.1 Å². The number of carbonyl (C=O) groups is 3. The van der Waals surface area contributed by atoms with Crippen LogP contribution >= 0.6 is 0 Å². The normalized spacial score (nSPS) is 27.3. The van der Waals surface area contributed by atoms with Crippen molar-refractivity contribution in [2.45, 2.75) is 407 Å². The number of aliphatic hydroxyl groups is 11. The number of amides is 2. The van der Waals surface area contributed by atoms with Crippen LogP contribution in [-0.4, -0.2) is 215 Å². The summed E-state index contributed by atoms with van der Waals surface area (Å²) >= 11 is 0. The van der Waals surface area contributed by atoms with E-state index in [0.29, 0.717) is 12.8 Å². The predicted octanol–water partition coefficient (Wildman–Crippen LogP) is 9.18. The molecule has 2 amide bonds. The summed E-state index contributed by atoms with van der Waals surface area (Å²) in [4.78, 5) is 38.6. The van der Waals surface area contributed by atoms with Gasteiger partial charge in [0, 0.05) is 19.8 Å². The number of ether oxygens (including phenoxy) is 6. The Morgan fingerprint density at radius 2 is 0.959 bits per heavy atom. The lowest BCUT2D eigenvalue weighted by atomic mass is 9.88. The molecule has 0 saturated carbocycles. The monoisotopic (exact) mass is 1400 g/mol. The summed E-state index contributed by atoms with van der Waals surface area (Å²) in [5.41, 5.74) is 0. The summed E-state index contributed by atoms with van der Waals surface area (Å²) in [5.74, 6) is -6.14. The summed E-state index contributed by atoms with van der Waals surface area (Å²) in [5, 5.41) is 136. The van der Waals surface area contributed by atoms with Gasteiger partial charge >= 0.3 is 5.97 Å². The number of aliphatic hydroxyl groups excluding tert-OH is 11. The van der Waals surface area contributed by atoms with Crippen molar-refractivity contribution in [1.82, 2.24) is 10.6 Å². The smallest absolute Gasteiger partial charge is 0.364 e. The molecule has 3 fully saturated rings. The van der Waals surface area contributed by atoms with E-state index in [4.69, 9.17) is 28.4 Å². The van der Waals surface area contributed by atoms with Gasteiger partial charge in [0.05, 0.1) is 50.7 Å². The zero-order chi connectivity index (χ0) is 71.8. The number of carbonyl (C=O) groups excluding carboxylic acids is 2. The van der Waals surface area contributed by atoms with Gasteiger partial charge in [-0.1, -0.05) is 256 Å². The van der Waals surface area contributed by atoms with Crippen LogP contribution in [0.5, 0.6) is 0 Å². The quantitative estimate of drug-likeness (QED) is 0.0199. The van der Waals surface area contributed by atoms with E-state index in [-0.39, 0.29) is 12.3 Å². The highest BCUT2D eigenvalue weighted by Crippen LogP contribution is 2.39. The average molecular weight is 1400 g/mol. The van der Waals surface area contributed by atoms with Gasteiger partial charge in [-0.3, -0.25) is 9.59 Å². The SMILES string of the molecule is CCCCCCCCCCCCC/C=C\CCCCCCCCCC(=O)NC(COC1OC(CO)C(OC2OC(CO)C(O)C(OC3(C(=O)O)CC(O)C(NC(C)=O)C(C(O)C(O)CO)O3)C2O)C(O)C1O)C(O)/C=C/CCCCCCCCCCCCCCCCCCCCCC.